The summed E-state index contributed by atoms with van der Waals surface area (Å²) in [5, 5.41) is 0.516. The van der Waals surface area contributed by atoms with Gasteiger partial charge in [-0.3, -0.25) is 20.4 Å². The number of hydrazine groups is 1. The number of ether oxygens (including phenoxy) is 1. The van der Waals surface area contributed by atoms with E-state index in [9.17, 15) is 9.59 Å². The minimum atomic E-state index is -0.783. The van der Waals surface area contributed by atoms with Gasteiger partial charge in [-0.2, -0.15) is 0 Å². The van der Waals surface area contributed by atoms with Crippen LogP contribution in [0.15, 0.2) is 54.6 Å². The van der Waals surface area contributed by atoms with Gasteiger partial charge in [0.1, 0.15) is 5.75 Å². The fourth-order valence-corrected chi connectivity index (χ4v) is 1.86. The first-order chi connectivity index (χ1) is 10.6. The van der Waals surface area contributed by atoms with E-state index in [0.29, 0.717) is 16.3 Å². The maximum Gasteiger partial charge on any atom is 0.279 e. The highest BCUT2D eigenvalue weighted by molar-refractivity contribution is 6.30. The molecule has 5 nitrogen and oxygen atoms in total. The van der Waals surface area contributed by atoms with E-state index in [4.69, 9.17) is 16.3 Å². The Kier molecular flexibility index (Phi) is 5.38. The molecule has 2 rings (SSSR count). The lowest BCUT2D eigenvalue weighted by Gasteiger charge is -2.15. The Labute approximate surface area is 133 Å². The van der Waals surface area contributed by atoms with Crippen molar-refractivity contribution in [1.29, 1.82) is 0 Å². The van der Waals surface area contributed by atoms with Crippen molar-refractivity contribution in [2.45, 2.75) is 13.0 Å². The third-order valence-electron chi connectivity index (χ3n) is 2.81. The van der Waals surface area contributed by atoms with E-state index in [-0.39, 0.29) is 0 Å². The number of halogens is 1. The number of hydrogen-bond donors (Lipinski definition) is 2. The Bertz CT molecular complexity index is 661. The highest BCUT2D eigenvalue weighted by atomic mass is 35.5. The van der Waals surface area contributed by atoms with Crippen LogP contribution in [0.4, 0.5) is 0 Å². The summed E-state index contributed by atoms with van der Waals surface area (Å²) in [5.74, 6) is -0.391. The van der Waals surface area contributed by atoms with Crippen LogP contribution in [-0.2, 0) is 4.79 Å². The smallest absolute Gasteiger partial charge is 0.279 e. The summed E-state index contributed by atoms with van der Waals surface area (Å²) in [5.41, 5.74) is 5.10. The van der Waals surface area contributed by atoms with Gasteiger partial charge in [0.05, 0.1) is 0 Å². The Morgan fingerprint density at radius 1 is 1.05 bits per heavy atom. The lowest BCUT2D eigenvalue weighted by molar-refractivity contribution is -0.128. The summed E-state index contributed by atoms with van der Waals surface area (Å²) in [6.45, 7) is 1.57. The third kappa shape index (κ3) is 4.49. The predicted molar refractivity (Wildman–Crippen MR) is 83.6 cm³/mol. The van der Waals surface area contributed by atoms with E-state index >= 15 is 0 Å². The normalized spacial score (nSPS) is 11.4. The second-order valence-electron chi connectivity index (χ2n) is 4.53. The van der Waals surface area contributed by atoms with Crippen molar-refractivity contribution >= 4 is 23.4 Å². The van der Waals surface area contributed by atoms with Crippen molar-refractivity contribution in [2.75, 3.05) is 0 Å². The molecule has 2 aromatic rings. The molecule has 2 aromatic carbocycles. The fraction of sp³-hybridized carbons (Fsp3) is 0.125. The molecular weight excluding hydrogens is 304 g/mol. The van der Waals surface area contributed by atoms with Crippen LogP contribution in [0.2, 0.25) is 5.02 Å². The monoisotopic (exact) mass is 318 g/mol. The molecule has 0 aliphatic heterocycles. The Balaban J connectivity index is 1.85. The molecule has 0 aliphatic carbocycles. The average Bonchev–Trinajstić information content (AvgIpc) is 2.53. The second-order valence-corrected chi connectivity index (χ2v) is 4.96. The first-order valence-corrected chi connectivity index (χ1v) is 7.01. The zero-order chi connectivity index (χ0) is 15.9. The first kappa shape index (κ1) is 15.9. The molecule has 0 fully saturated rings. The van der Waals surface area contributed by atoms with E-state index in [1.165, 1.54) is 0 Å². The molecular formula is C16H15ClN2O3. The van der Waals surface area contributed by atoms with Crippen LogP contribution in [0.25, 0.3) is 0 Å². The van der Waals surface area contributed by atoms with Gasteiger partial charge in [-0.15, -0.1) is 0 Å². The standard InChI is InChI=1S/C16H15ClN2O3/c1-11(22-14-9-5-8-13(17)10-14)15(20)18-19-16(21)12-6-3-2-4-7-12/h2-11H,1H3,(H,18,20)(H,19,21). The van der Waals surface area contributed by atoms with Crippen molar-refractivity contribution in [3.05, 3.63) is 65.2 Å². The second kappa shape index (κ2) is 7.47. The van der Waals surface area contributed by atoms with E-state index in [1.54, 1.807) is 61.5 Å². The highest BCUT2D eigenvalue weighted by Gasteiger charge is 2.15. The maximum absolute atomic E-state index is 11.9. The average molecular weight is 319 g/mol. The van der Waals surface area contributed by atoms with E-state index in [1.807, 2.05) is 0 Å². The number of nitrogens with one attached hydrogen (secondary N) is 2. The Morgan fingerprint density at radius 3 is 2.45 bits per heavy atom. The van der Waals surface area contributed by atoms with Gasteiger partial charge in [-0.25, -0.2) is 0 Å². The van der Waals surface area contributed by atoms with Crippen molar-refractivity contribution in [3.8, 4) is 5.75 Å². The summed E-state index contributed by atoms with van der Waals surface area (Å²) in [7, 11) is 0. The molecule has 0 saturated carbocycles. The molecule has 0 aliphatic rings. The minimum Gasteiger partial charge on any atom is -0.481 e. The van der Waals surface area contributed by atoms with Gasteiger partial charge in [0, 0.05) is 10.6 Å². The van der Waals surface area contributed by atoms with Gasteiger partial charge in [-0.1, -0.05) is 35.9 Å². The van der Waals surface area contributed by atoms with E-state index in [0.717, 1.165) is 0 Å². The van der Waals surface area contributed by atoms with E-state index < -0.39 is 17.9 Å². The van der Waals surface area contributed by atoms with Crippen LogP contribution >= 0.6 is 11.6 Å². The van der Waals surface area contributed by atoms with Crippen molar-refractivity contribution in [3.63, 3.8) is 0 Å². The fourth-order valence-electron chi connectivity index (χ4n) is 1.68. The molecule has 0 bridgehead atoms. The van der Waals surface area contributed by atoms with Gasteiger partial charge in [0.2, 0.25) is 0 Å². The molecule has 1 atom stereocenters. The number of carbonyl (C=O) groups excluding carboxylic acids is 2. The van der Waals surface area contributed by atoms with Gasteiger partial charge in [0.25, 0.3) is 11.8 Å². The molecule has 0 radical (unpaired) electrons. The molecule has 0 aromatic heterocycles. The predicted octanol–water partition coefficient (Wildman–Crippen LogP) is 2.57. The van der Waals surface area contributed by atoms with Gasteiger partial charge in [0.15, 0.2) is 6.10 Å². The molecule has 2 amide bonds. The molecule has 0 heterocycles. The van der Waals surface area contributed by atoms with Crippen LogP contribution in [0.5, 0.6) is 5.75 Å². The molecule has 0 spiro atoms. The number of hydrogen-bond acceptors (Lipinski definition) is 3. The first-order valence-electron chi connectivity index (χ1n) is 6.64. The summed E-state index contributed by atoms with van der Waals surface area (Å²) in [6.07, 6.45) is -0.783. The molecule has 1 unspecified atom stereocenters. The molecule has 0 saturated heterocycles. The molecule has 114 valence electrons. The molecule has 2 N–H and O–H groups in total. The largest absolute Gasteiger partial charge is 0.481 e. The van der Waals surface area contributed by atoms with Crippen LogP contribution in [0.1, 0.15) is 17.3 Å². The maximum atomic E-state index is 11.9. The van der Waals surface area contributed by atoms with Gasteiger partial charge >= 0.3 is 0 Å². The quantitative estimate of drug-likeness (QED) is 0.851. The third-order valence-corrected chi connectivity index (χ3v) is 3.05. The lowest BCUT2D eigenvalue weighted by Crippen LogP contribution is -2.47. The van der Waals surface area contributed by atoms with Crippen molar-refractivity contribution in [1.82, 2.24) is 10.9 Å². The SMILES string of the molecule is CC(Oc1cccc(Cl)c1)C(=O)NNC(=O)c1ccccc1. The van der Waals surface area contributed by atoms with Crippen LogP contribution in [-0.4, -0.2) is 17.9 Å². The number of carbonyl (C=O) groups is 2. The van der Waals surface area contributed by atoms with Crippen LogP contribution in [0, 0.1) is 0 Å². The van der Waals surface area contributed by atoms with Crippen molar-refractivity contribution in [2.24, 2.45) is 0 Å². The zero-order valence-electron chi connectivity index (χ0n) is 11.9. The molecule has 6 heteroatoms. The Hall–Kier alpha value is -2.53. The lowest BCUT2D eigenvalue weighted by atomic mass is 10.2. The summed E-state index contributed by atoms with van der Waals surface area (Å²) >= 11 is 5.84. The number of amides is 2. The highest BCUT2D eigenvalue weighted by Crippen LogP contribution is 2.18. The Morgan fingerprint density at radius 2 is 1.77 bits per heavy atom. The molecule has 22 heavy (non-hydrogen) atoms. The van der Waals surface area contributed by atoms with E-state index in [2.05, 4.69) is 10.9 Å². The number of rotatable bonds is 4. The summed E-state index contributed by atoms with van der Waals surface area (Å²) in [4.78, 5) is 23.7. The summed E-state index contributed by atoms with van der Waals surface area (Å²) < 4.78 is 5.45. The number of benzene rings is 2. The van der Waals surface area contributed by atoms with Gasteiger partial charge in [-0.05, 0) is 37.3 Å². The van der Waals surface area contributed by atoms with Gasteiger partial charge < -0.3 is 4.74 Å². The minimum absolute atomic E-state index is 0.399. The van der Waals surface area contributed by atoms with Crippen LogP contribution in [0.3, 0.4) is 0 Å². The summed E-state index contributed by atoms with van der Waals surface area (Å²) in [6, 6.07) is 15.3. The topological polar surface area (TPSA) is 67.4 Å². The van der Waals surface area contributed by atoms with Crippen LogP contribution < -0.4 is 15.6 Å². The van der Waals surface area contributed by atoms with Crippen molar-refractivity contribution < 1.29 is 14.3 Å². The zero-order valence-corrected chi connectivity index (χ0v) is 12.6.